The van der Waals surface area contributed by atoms with Crippen LogP contribution >= 0.6 is 0 Å². The summed E-state index contributed by atoms with van der Waals surface area (Å²) in [6.07, 6.45) is 4.80. The molecule has 2 saturated heterocycles. The fourth-order valence-electron chi connectivity index (χ4n) is 4.07. The van der Waals surface area contributed by atoms with Crippen molar-refractivity contribution in [2.45, 2.75) is 51.3 Å². The molecule has 4 rings (SSSR count). The molecule has 2 aromatic rings. The lowest BCUT2D eigenvalue weighted by molar-refractivity contribution is 0.113. The lowest BCUT2D eigenvalue weighted by Crippen LogP contribution is -2.52. The van der Waals surface area contributed by atoms with E-state index in [4.69, 9.17) is 9.73 Å². The van der Waals surface area contributed by atoms with Crippen molar-refractivity contribution in [2.24, 2.45) is 12.0 Å². The van der Waals surface area contributed by atoms with E-state index in [2.05, 4.69) is 56.1 Å². The second kappa shape index (κ2) is 9.93. The van der Waals surface area contributed by atoms with Crippen molar-refractivity contribution >= 4 is 11.6 Å². The Morgan fingerprint density at radius 3 is 2.80 bits per heavy atom. The van der Waals surface area contributed by atoms with Crippen molar-refractivity contribution in [3.05, 3.63) is 42.0 Å². The number of aromatic nitrogens is 3. The molecule has 0 aliphatic carbocycles. The van der Waals surface area contributed by atoms with Crippen LogP contribution in [-0.4, -0.2) is 59.1 Å². The van der Waals surface area contributed by atoms with E-state index in [9.17, 15) is 0 Å². The molecule has 0 radical (unpaired) electrons. The van der Waals surface area contributed by atoms with Crippen molar-refractivity contribution in [3.63, 3.8) is 0 Å². The van der Waals surface area contributed by atoms with Crippen LogP contribution in [0.4, 0.5) is 5.69 Å². The minimum absolute atomic E-state index is 0.265. The summed E-state index contributed by atoms with van der Waals surface area (Å²) in [4.78, 5) is 7.27. The summed E-state index contributed by atoms with van der Waals surface area (Å²) >= 11 is 0. The quantitative estimate of drug-likeness (QED) is 0.559. The summed E-state index contributed by atoms with van der Waals surface area (Å²) < 4.78 is 7.76. The number of nitrogens with zero attached hydrogens (tertiary/aromatic N) is 5. The van der Waals surface area contributed by atoms with Gasteiger partial charge in [-0.15, -0.1) is 10.2 Å². The number of hydrogen-bond acceptors (Lipinski definition) is 5. The SMILES string of the molecule is Cc1nnc(CN=C(NCC2CCCO2)NC2CCCN(c3ccccc3)C2)n1C. The molecule has 0 saturated carbocycles. The molecule has 8 nitrogen and oxygen atoms in total. The highest BCUT2D eigenvalue weighted by molar-refractivity contribution is 5.80. The fraction of sp³-hybridized carbons (Fsp3) is 0.591. The lowest BCUT2D eigenvalue weighted by Gasteiger charge is -2.35. The van der Waals surface area contributed by atoms with Gasteiger partial charge in [0.25, 0.3) is 0 Å². The summed E-state index contributed by atoms with van der Waals surface area (Å²) in [6.45, 7) is 6.14. The van der Waals surface area contributed by atoms with Gasteiger partial charge in [-0.25, -0.2) is 4.99 Å². The Kier molecular flexibility index (Phi) is 6.84. The summed E-state index contributed by atoms with van der Waals surface area (Å²) in [5.41, 5.74) is 1.28. The number of guanidine groups is 1. The molecule has 3 heterocycles. The zero-order valence-corrected chi connectivity index (χ0v) is 18.0. The molecule has 2 unspecified atom stereocenters. The van der Waals surface area contributed by atoms with Crippen LogP contribution < -0.4 is 15.5 Å². The molecular weight excluding hydrogens is 378 g/mol. The number of ether oxygens (including phenoxy) is 1. The van der Waals surface area contributed by atoms with Gasteiger partial charge < -0.3 is 24.8 Å². The maximum atomic E-state index is 5.77. The summed E-state index contributed by atoms with van der Waals surface area (Å²) in [7, 11) is 1.98. The highest BCUT2D eigenvalue weighted by atomic mass is 16.5. The Bertz CT molecular complexity index is 829. The molecule has 2 aliphatic heterocycles. The highest BCUT2D eigenvalue weighted by Gasteiger charge is 2.22. The van der Waals surface area contributed by atoms with Crippen molar-refractivity contribution < 1.29 is 4.74 Å². The van der Waals surface area contributed by atoms with E-state index < -0.39 is 0 Å². The molecule has 0 bridgehead atoms. The Balaban J connectivity index is 1.41. The molecule has 2 N–H and O–H groups in total. The Labute approximate surface area is 178 Å². The second-order valence-electron chi connectivity index (χ2n) is 8.17. The number of piperidine rings is 1. The first-order valence-corrected chi connectivity index (χ1v) is 11.0. The number of aliphatic imine (C=N–C) groups is 1. The average Bonchev–Trinajstić information content (AvgIpc) is 3.41. The molecule has 1 aromatic carbocycles. The lowest BCUT2D eigenvalue weighted by atomic mass is 10.0. The monoisotopic (exact) mass is 411 g/mol. The first-order valence-electron chi connectivity index (χ1n) is 11.0. The highest BCUT2D eigenvalue weighted by Crippen LogP contribution is 2.19. The van der Waals surface area contributed by atoms with Crippen LogP contribution in [0, 0.1) is 6.92 Å². The topological polar surface area (TPSA) is 79.6 Å². The van der Waals surface area contributed by atoms with Crippen LogP contribution in [0.3, 0.4) is 0 Å². The number of aryl methyl sites for hydroxylation is 1. The van der Waals surface area contributed by atoms with E-state index >= 15 is 0 Å². The molecule has 2 aliphatic rings. The molecule has 0 spiro atoms. The van der Waals surface area contributed by atoms with Crippen molar-refractivity contribution in [2.75, 3.05) is 31.1 Å². The number of benzene rings is 1. The minimum Gasteiger partial charge on any atom is -0.376 e. The van der Waals surface area contributed by atoms with Gasteiger partial charge in [0.05, 0.1) is 6.10 Å². The number of nitrogens with one attached hydrogen (secondary N) is 2. The van der Waals surface area contributed by atoms with Crippen LogP contribution in [0.25, 0.3) is 0 Å². The van der Waals surface area contributed by atoms with E-state index in [1.54, 1.807) is 0 Å². The van der Waals surface area contributed by atoms with Gasteiger partial charge in [0, 0.05) is 45.0 Å². The van der Waals surface area contributed by atoms with Gasteiger partial charge in [0.2, 0.25) is 0 Å². The van der Waals surface area contributed by atoms with Gasteiger partial charge >= 0.3 is 0 Å². The number of para-hydroxylation sites is 1. The van der Waals surface area contributed by atoms with Crippen LogP contribution in [-0.2, 0) is 18.3 Å². The van der Waals surface area contributed by atoms with E-state index in [-0.39, 0.29) is 6.10 Å². The Hall–Kier alpha value is -2.61. The Morgan fingerprint density at radius 2 is 2.07 bits per heavy atom. The molecule has 0 amide bonds. The summed E-state index contributed by atoms with van der Waals surface area (Å²) in [5.74, 6) is 2.58. The smallest absolute Gasteiger partial charge is 0.192 e. The predicted molar refractivity (Wildman–Crippen MR) is 119 cm³/mol. The molecule has 8 heteroatoms. The standard InChI is InChI=1S/C22H33N7O/c1-17-26-27-21(28(17)2)15-24-22(23-14-20-11-7-13-30-20)25-18-8-6-12-29(16-18)19-9-4-3-5-10-19/h3-5,9-10,18,20H,6-8,11-16H2,1-2H3,(H2,23,24,25). The molecule has 2 fully saturated rings. The van der Waals surface area contributed by atoms with Crippen molar-refractivity contribution in [1.29, 1.82) is 0 Å². The normalized spacial score (nSPS) is 22.3. The second-order valence-corrected chi connectivity index (χ2v) is 8.17. The van der Waals surface area contributed by atoms with Gasteiger partial charge in [-0.1, -0.05) is 18.2 Å². The predicted octanol–water partition coefficient (Wildman–Crippen LogP) is 2.01. The maximum absolute atomic E-state index is 5.77. The third kappa shape index (κ3) is 5.30. The van der Waals surface area contributed by atoms with E-state index in [0.29, 0.717) is 12.6 Å². The maximum Gasteiger partial charge on any atom is 0.192 e. The minimum atomic E-state index is 0.265. The number of anilines is 1. The number of hydrogen-bond donors (Lipinski definition) is 2. The van der Waals surface area contributed by atoms with Gasteiger partial charge in [0.15, 0.2) is 11.8 Å². The van der Waals surface area contributed by atoms with Crippen LogP contribution in [0.2, 0.25) is 0 Å². The van der Waals surface area contributed by atoms with E-state index in [0.717, 1.165) is 69.5 Å². The first kappa shape index (κ1) is 20.7. The molecule has 2 atom stereocenters. The van der Waals surface area contributed by atoms with Gasteiger partial charge in [0.1, 0.15) is 12.4 Å². The molecule has 30 heavy (non-hydrogen) atoms. The van der Waals surface area contributed by atoms with Crippen molar-refractivity contribution in [1.82, 2.24) is 25.4 Å². The molecule has 1 aromatic heterocycles. The first-order chi connectivity index (χ1) is 14.7. The van der Waals surface area contributed by atoms with Crippen LogP contribution in [0.15, 0.2) is 35.3 Å². The Morgan fingerprint density at radius 1 is 1.20 bits per heavy atom. The zero-order chi connectivity index (χ0) is 20.8. The largest absolute Gasteiger partial charge is 0.376 e. The van der Waals surface area contributed by atoms with Gasteiger partial charge in [-0.05, 0) is 44.7 Å². The van der Waals surface area contributed by atoms with Crippen molar-refractivity contribution in [3.8, 4) is 0 Å². The van der Waals surface area contributed by atoms with E-state index in [1.807, 2.05) is 18.5 Å². The zero-order valence-electron chi connectivity index (χ0n) is 18.0. The summed E-state index contributed by atoms with van der Waals surface area (Å²) in [6, 6.07) is 11.0. The third-order valence-electron chi connectivity index (χ3n) is 5.97. The molecule has 162 valence electrons. The third-order valence-corrected chi connectivity index (χ3v) is 5.97. The molecular formula is C22H33N7O. The number of rotatable bonds is 6. The average molecular weight is 412 g/mol. The van der Waals surface area contributed by atoms with Gasteiger partial charge in [-0.3, -0.25) is 0 Å². The summed E-state index contributed by atoms with van der Waals surface area (Å²) in [5, 5.41) is 15.5. The van der Waals surface area contributed by atoms with Crippen LogP contribution in [0.1, 0.15) is 37.3 Å². The van der Waals surface area contributed by atoms with E-state index in [1.165, 1.54) is 5.69 Å². The fourth-order valence-corrected chi connectivity index (χ4v) is 4.07. The van der Waals surface area contributed by atoms with Crippen LogP contribution in [0.5, 0.6) is 0 Å². The van der Waals surface area contributed by atoms with Gasteiger partial charge in [-0.2, -0.15) is 0 Å².